The van der Waals surface area contributed by atoms with Crippen LogP contribution in [0.15, 0.2) is 48.5 Å². The standard InChI is InChI=1S/C26H22ClN3O7/c1-2-11-30(14-15-3-8-20-18(12-15)19(27)13-22(28-20)26(36)37)17-6-4-16(5-7-17)24(33)29-21(25(34)35)9-10-23(31)32/h1,3-8,12-13,21H,9-11,14H2,(H,29,33)(H,31,32)(H,34,35)(H,36,37)/t21-/m0/s1. The number of carboxylic acid groups (broad SMARTS) is 3. The zero-order valence-electron chi connectivity index (χ0n) is 19.3. The van der Waals surface area contributed by atoms with Gasteiger partial charge in [-0.2, -0.15) is 0 Å². The Morgan fingerprint density at radius 3 is 2.35 bits per heavy atom. The lowest BCUT2D eigenvalue weighted by atomic mass is 10.1. The van der Waals surface area contributed by atoms with Gasteiger partial charge in [-0.25, -0.2) is 14.6 Å². The number of halogens is 1. The minimum atomic E-state index is -1.33. The van der Waals surface area contributed by atoms with Gasteiger partial charge in [-0.05, 0) is 54.4 Å². The number of amides is 1. The number of carbonyl (C=O) groups excluding carboxylic acids is 1. The molecule has 1 heterocycles. The van der Waals surface area contributed by atoms with Crippen molar-refractivity contribution < 1.29 is 34.5 Å². The first-order valence-electron chi connectivity index (χ1n) is 11.0. The number of pyridine rings is 1. The lowest BCUT2D eigenvalue weighted by Crippen LogP contribution is -2.41. The number of benzene rings is 2. The van der Waals surface area contributed by atoms with Gasteiger partial charge in [0.2, 0.25) is 0 Å². The van der Waals surface area contributed by atoms with E-state index in [-0.39, 0.29) is 29.2 Å². The number of nitrogens with zero attached hydrogens (tertiary/aromatic N) is 2. The fourth-order valence-electron chi connectivity index (χ4n) is 3.60. The third kappa shape index (κ3) is 6.96. The molecular formula is C26H22ClN3O7. The number of rotatable bonds is 11. The van der Waals surface area contributed by atoms with E-state index in [1.807, 2.05) is 4.90 Å². The van der Waals surface area contributed by atoms with Gasteiger partial charge in [0.1, 0.15) is 11.7 Å². The van der Waals surface area contributed by atoms with Crippen molar-refractivity contribution in [2.75, 3.05) is 11.4 Å². The maximum atomic E-state index is 12.5. The van der Waals surface area contributed by atoms with Crippen LogP contribution < -0.4 is 10.2 Å². The maximum Gasteiger partial charge on any atom is 0.354 e. The van der Waals surface area contributed by atoms with Crippen molar-refractivity contribution in [2.45, 2.75) is 25.4 Å². The minimum Gasteiger partial charge on any atom is -0.481 e. The molecule has 0 fully saturated rings. The molecule has 0 saturated heterocycles. The fourth-order valence-corrected chi connectivity index (χ4v) is 3.85. The van der Waals surface area contributed by atoms with Crippen LogP contribution in [0.5, 0.6) is 0 Å². The Morgan fingerprint density at radius 2 is 1.76 bits per heavy atom. The van der Waals surface area contributed by atoms with Crippen LogP contribution in [0.4, 0.5) is 5.69 Å². The maximum absolute atomic E-state index is 12.5. The largest absolute Gasteiger partial charge is 0.481 e. The molecule has 3 rings (SSSR count). The Kier molecular flexibility index (Phi) is 8.66. The Morgan fingerprint density at radius 1 is 1.05 bits per heavy atom. The molecule has 2 aromatic carbocycles. The monoisotopic (exact) mass is 523 g/mol. The van der Waals surface area contributed by atoms with Crippen LogP contribution in [0.1, 0.15) is 39.3 Å². The topological polar surface area (TPSA) is 157 Å². The van der Waals surface area contributed by atoms with Gasteiger partial charge in [-0.1, -0.05) is 23.6 Å². The number of aliphatic carboxylic acids is 2. The number of aromatic nitrogens is 1. The lowest BCUT2D eigenvalue weighted by molar-refractivity contribution is -0.140. The summed E-state index contributed by atoms with van der Waals surface area (Å²) in [7, 11) is 0. The average molecular weight is 524 g/mol. The SMILES string of the molecule is C#CCN(Cc1ccc2nc(C(=O)O)cc(Cl)c2c1)c1ccc(C(=O)N[C@@H](CCC(=O)O)C(=O)O)cc1. The van der Waals surface area contributed by atoms with E-state index in [0.717, 1.165) is 5.56 Å². The summed E-state index contributed by atoms with van der Waals surface area (Å²) in [5.41, 5.74) is 2.01. The highest BCUT2D eigenvalue weighted by Crippen LogP contribution is 2.26. The molecule has 4 N–H and O–H groups in total. The van der Waals surface area contributed by atoms with Crippen molar-refractivity contribution in [1.29, 1.82) is 0 Å². The first kappa shape index (κ1) is 27.0. The van der Waals surface area contributed by atoms with Crippen molar-refractivity contribution in [1.82, 2.24) is 10.3 Å². The smallest absolute Gasteiger partial charge is 0.354 e. The fraction of sp³-hybridized carbons (Fsp3) is 0.192. The molecular weight excluding hydrogens is 502 g/mol. The van der Waals surface area contributed by atoms with E-state index in [1.54, 1.807) is 30.3 Å². The number of nitrogens with one attached hydrogen (secondary N) is 1. The van der Waals surface area contributed by atoms with Gasteiger partial charge in [0.15, 0.2) is 0 Å². The number of hydrogen-bond donors (Lipinski definition) is 4. The molecule has 0 aliphatic carbocycles. The molecule has 1 aromatic heterocycles. The average Bonchev–Trinajstić information content (AvgIpc) is 2.86. The molecule has 11 heteroatoms. The van der Waals surface area contributed by atoms with E-state index in [0.29, 0.717) is 23.1 Å². The van der Waals surface area contributed by atoms with E-state index >= 15 is 0 Å². The van der Waals surface area contributed by atoms with Crippen molar-refractivity contribution in [3.05, 3.63) is 70.4 Å². The van der Waals surface area contributed by atoms with Gasteiger partial charge in [0.25, 0.3) is 5.91 Å². The molecule has 0 radical (unpaired) electrons. The van der Waals surface area contributed by atoms with Gasteiger partial charge < -0.3 is 25.5 Å². The summed E-state index contributed by atoms with van der Waals surface area (Å²) >= 11 is 6.28. The van der Waals surface area contributed by atoms with E-state index < -0.39 is 36.3 Å². The highest BCUT2D eigenvalue weighted by Gasteiger charge is 2.22. The van der Waals surface area contributed by atoms with Crippen molar-refractivity contribution >= 4 is 52.0 Å². The summed E-state index contributed by atoms with van der Waals surface area (Å²) in [5, 5.41) is 30.4. The van der Waals surface area contributed by atoms with Crippen LogP contribution in [0.3, 0.4) is 0 Å². The van der Waals surface area contributed by atoms with Crippen molar-refractivity contribution in [2.24, 2.45) is 0 Å². The molecule has 10 nitrogen and oxygen atoms in total. The molecule has 0 aliphatic heterocycles. The number of carbonyl (C=O) groups is 4. The van der Waals surface area contributed by atoms with E-state index in [9.17, 15) is 29.4 Å². The van der Waals surface area contributed by atoms with Crippen LogP contribution in [-0.4, -0.2) is 56.7 Å². The molecule has 1 atom stereocenters. The summed E-state index contributed by atoms with van der Waals surface area (Å²) in [6.07, 6.45) is 4.91. The summed E-state index contributed by atoms with van der Waals surface area (Å²) < 4.78 is 0. The molecule has 0 unspecified atom stereocenters. The number of fused-ring (bicyclic) bond motifs is 1. The third-order valence-corrected chi connectivity index (χ3v) is 5.75. The Balaban J connectivity index is 1.77. The van der Waals surface area contributed by atoms with E-state index in [4.69, 9.17) is 23.1 Å². The van der Waals surface area contributed by atoms with Gasteiger partial charge in [0, 0.05) is 29.6 Å². The quantitative estimate of drug-likeness (QED) is 0.277. The van der Waals surface area contributed by atoms with Gasteiger partial charge in [-0.3, -0.25) is 9.59 Å². The normalized spacial score (nSPS) is 11.4. The third-order valence-electron chi connectivity index (χ3n) is 5.44. The summed E-state index contributed by atoms with van der Waals surface area (Å²) in [6, 6.07) is 11.6. The Labute approximate surface area is 216 Å². The van der Waals surface area contributed by atoms with Crippen LogP contribution in [-0.2, 0) is 16.1 Å². The Hall–Kier alpha value is -4.62. The number of anilines is 1. The van der Waals surface area contributed by atoms with Crippen LogP contribution >= 0.6 is 11.6 Å². The number of hydrogen-bond acceptors (Lipinski definition) is 6. The van der Waals surface area contributed by atoms with Gasteiger partial charge in [0.05, 0.1) is 17.1 Å². The van der Waals surface area contributed by atoms with Crippen LogP contribution in [0.25, 0.3) is 10.9 Å². The molecule has 37 heavy (non-hydrogen) atoms. The predicted molar refractivity (Wildman–Crippen MR) is 136 cm³/mol. The molecule has 0 spiro atoms. The summed E-state index contributed by atoms with van der Waals surface area (Å²) in [5.74, 6) is -1.72. The second-order valence-electron chi connectivity index (χ2n) is 8.05. The van der Waals surface area contributed by atoms with E-state index in [2.05, 4.69) is 16.2 Å². The number of terminal acetylenes is 1. The van der Waals surface area contributed by atoms with Crippen LogP contribution in [0, 0.1) is 12.3 Å². The van der Waals surface area contributed by atoms with Crippen LogP contribution in [0.2, 0.25) is 5.02 Å². The predicted octanol–water partition coefficient (Wildman–Crippen LogP) is 3.27. The zero-order chi connectivity index (χ0) is 27.1. The highest BCUT2D eigenvalue weighted by atomic mass is 35.5. The number of carboxylic acids is 3. The molecule has 1 amide bonds. The second-order valence-corrected chi connectivity index (χ2v) is 8.46. The van der Waals surface area contributed by atoms with Gasteiger partial charge >= 0.3 is 17.9 Å². The van der Waals surface area contributed by atoms with Crippen molar-refractivity contribution in [3.63, 3.8) is 0 Å². The highest BCUT2D eigenvalue weighted by molar-refractivity contribution is 6.35. The molecule has 0 saturated carbocycles. The van der Waals surface area contributed by atoms with Crippen molar-refractivity contribution in [3.8, 4) is 12.3 Å². The lowest BCUT2D eigenvalue weighted by Gasteiger charge is -2.23. The molecule has 0 bridgehead atoms. The molecule has 0 aliphatic rings. The number of aromatic carboxylic acids is 1. The second kappa shape index (κ2) is 11.9. The first-order chi connectivity index (χ1) is 17.6. The Bertz CT molecular complexity index is 1400. The first-order valence-corrected chi connectivity index (χ1v) is 11.3. The molecule has 190 valence electrons. The van der Waals surface area contributed by atoms with Gasteiger partial charge in [-0.15, -0.1) is 6.42 Å². The molecule has 3 aromatic rings. The zero-order valence-corrected chi connectivity index (χ0v) is 20.1. The minimum absolute atomic E-state index is 0.153. The van der Waals surface area contributed by atoms with E-state index in [1.165, 1.54) is 18.2 Å². The summed E-state index contributed by atoms with van der Waals surface area (Å²) in [6.45, 7) is 0.614. The summed E-state index contributed by atoms with van der Waals surface area (Å²) in [4.78, 5) is 51.8.